The Morgan fingerprint density at radius 1 is 1.38 bits per heavy atom. The Hall–Kier alpha value is -1.36. The van der Waals surface area contributed by atoms with Gasteiger partial charge in [0.1, 0.15) is 11.5 Å². The number of aryl methyl sites for hydroxylation is 1. The molecule has 1 aromatic heterocycles. The van der Waals surface area contributed by atoms with Crippen LogP contribution in [0.2, 0.25) is 0 Å². The van der Waals surface area contributed by atoms with E-state index in [1.165, 1.54) is 18.9 Å². The predicted molar refractivity (Wildman–Crippen MR) is 81.3 cm³/mol. The largest absolute Gasteiger partial charge is 0.384 e. The summed E-state index contributed by atoms with van der Waals surface area (Å²) in [6.45, 7) is 6.79. The second kappa shape index (κ2) is 7.59. The van der Waals surface area contributed by atoms with Crippen molar-refractivity contribution < 1.29 is 9.32 Å². The molecule has 2 rings (SSSR count). The first kappa shape index (κ1) is 16.0. The maximum atomic E-state index is 11.9. The number of carbonyl (C=O) groups excluding carboxylic acids is 1. The minimum Gasteiger partial charge on any atom is -0.384 e. The zero-order valence-electron chi connectivity index (χ0n) is 13.1. The van der Waals surface area contributed by atoms with Gasteiger partial charge in [0, 0.05) is 31.4 Å². The van der Waals surface area contributed by atoms with E-state index in [0.717, 1.165) is 19.5 Å². The molecule has 0 unspecified atom stereocenters. The summed E-state index contributed by atoms with van der Waals surface area (Å²) in [5.74, 6) is 1.53. The normalized spacial score (nSPS) is 17.5. The van der Waals surface area contributed by atoms with Crippen molar-refractivity contribution in [1.82, 2.24) is 10.1 Å². The van der Waals surface area contributed by atoms with Crippen LogP contribution in [0.3, 0.4) is 0 Å². The second-order valence-electron chi connectivity index (χ2n) is 6.33. The van der Waals surface area contributed by atoms with Gasteiger partial charge in [0.2, 0.25) is 0 Å². The van der Waals surface area contributed by atoms with Crippen LogP contribution in [0.15, 0.2) is 15.4 Å². The predicted octanol–water partition coefficient (Wildman–Crippen LogP) is 2.37. The number of ketones is 1. The Bertz CT molecular complexity index is 496. The molecule has 0 saturated carbocycles. The van der Waals surface area contributed by atoms with Crippen LogP contribution in [0, 0.1) is 5.92 Å². The van der Waals surface area contributed by atoms with Crippen LogP contribution < -0.4 is 5.56 Å². The highest BCUT2D eigenvalue weighted by Crippen LogP contribution is 2.23. The zero-order valence-corrected chi connectivity index (χ0v) is 13.1. The molecule has 1 N–H and O–H groups in total. The highest BCUT2D eigenvalue weighted by Gasteiger charge is 2.21. The fourth-order valence-electron chi connectivity index (χ4n) is 2.95. The summed E-state index contributed by atoms with van der Waals surface area (Å²) >= 11 is 0. The highest BCUT2D eigenvalue weighted by atomic mass is 16.5. The van der Waals surface area contributed by atoms with Crippen LogP contribution >= 0.6 is 0 Å². The second-order valence-corrected chi connectivity index (χ2v) is 6.33. The quantitative estimate of drug-likeness (QED) is 0.838. The standard InChI is InChI=1S/C16H26N2O3/c1-12(2)18-9-7-13(8-10-18)3-4-14(19)5-6-15-11-16(20)17-21-15/h11-13H,3-10H2,1-2H3,(H,17,20). The number of nitrogens with zero attached hydrogens (tertiary/aromatic N) is 1. The summed E-state index contributed by atoms with van der Waals surface area (Å²) in [4.78, 5) is 25.3. The third-order valence-corrected chi connectivity index (χ3v) is 4.44. The van der Waals surface area contributed by atoms with E-state index in [1.807, 2.05) is 0 Å². The molecule has 5 heteroatoms. The molecule has 0 amide bonds. The van der Waals surface area contributed by atoms with Crippen molar-refractivity contribution in [3.05, 3.63) is 22.2 Å². The molecule has 1 aromatic rings. The first-order chi connectivity index (χ1) is 10.0. The fraction of sp³-hybridized carbons (Fsp3) is 0.750. The molecule has 118 valence electrons. The number of Topliss-reactive ketones (excluding diaryl/α,β-unsaturated/α-hetero) is 1. The first-order valence-electron chi connectivity index (χ1n) is 7.97. The highest BCUT2D eigenvalue weighted by molar-refractivity contribution is 5.78. The Balaban J connectivity index is 1.62. The summed E-state index contributed by atoms with van der Waals surface area (Å²) in [6, 6.07) is 2.04. The molecule has 0 radical (unpaired) electrons. The van der Waals surface area contributed by atoms with Crippen LogP contribution in [0.1, 0.15) is 51.7 Å². The van der Waals surface area contributed by atoms with Crippen molar-refractivity contribution in [3.63, 3.8) is 0 Å². The summed E-state index contributed by atoms with van der Waals surface area (Å²) in [5, 5.41) is 2.24. The average Bonchev–Trinajstić information content (AvgIpc) is 2.89. The van der Waals surface area contributed by atoms with Gasteiger partial charge < -0.3 is 9.42 Å². The Morgan fingerprint density at radius 3 is 2.67 bits per heavy atom. The number of aromatic nitrogens is 1. The third-order valence-electron chi connectivity index (χ3n) is 4.44. The van der Waals surface area contributed by atoms with E-state index in [-0.39, 0.29) is 11.3 Å². The molecule has 1 saturated heterocycles. The number of nitrogens with one attached hydrogen (secondary N) is 1. The molecule has 0 spiro atoms. The monoisotopic (exact) mass is 294 g/mol. The van der Waals surface area contributed by atoms with E-state index >= 15 is 0 Å². The Labute approximate surface area is 125 Å². The van der Waals surface area contributed by atoms with E-state index in [4.69, 9.17) is 4.52 Å². The average molecular weight is 294 g/mol. The van der Waals surface area contributed by atoms with E-state index in [9.17, 15) is 9.59 Å². The van der Waals surface area contributed by atoms with Crippen molar-refractivity contribution in [2.24, 2.45) is 5.92 Å². The summed E-state index contributed by atoms with van der Waals surface area (Å²) < 4.78 is 4.95. The van der Waals surface area contributed by atoms with Gasteiger partial charge in [0.05, 0.1) is 0 Å². The van der Waals surface area contributed by atoms with Gasteiger partial charge in [-0.05, 0) is 52.1 Å². The number of likely N-dealkylation sites (tertiary alicyclic amines) is 1. The van der Waals surface area contributed by atoms with Crippen molar-refractivity contribution in [2.45, 2.75) is 58.4 Å². The van der Waals surface area contributed by atoms with Gasteiger partial charge in [-0.15, -0.1) is 0 Å². The number of rotatable bonds is 7. The maximum Gasteiger partial charge on any atom is 0.280 e. The van der Waals surface area contributed by atoms with Crippen molar-refractivity contribution in [3.8, 4) is 0 Å². The number of piperidine rings is 1. The molecular weight excluding hydrogens is 268 g/mol. The summed E-state index contributed by atoms with van der Waals surface area (Å²) in [5.41, 5.74) is -0.241. The van der Waals surface area contributed by atoms with Crippen LogP contribution in [0.25, 0.3) is 0 Å². The van der Waals surface area contributed by atoms with E-state index in [0.29, 0.717) is 37.0 Å². The minimum absolute atomic E-state index is 0.241. The molecule has 1 aliphatic heterocycles. The minimum atomic E-state index is -0.241. The number of hydrogen-bond donors (Lipinski definition) is 1. The Kier molecular flexibility index (Phi) is 5.79. The number of aromatic amines is 1. The number of hydrogen-bond acceptors (Lipinski definition) is 4. The molecule has 1 aliphatic rings. The number of carbonyl (C=O) groups is 1. The molecule has 1 fully saturated rings. The molecule has 0 aromatic carbocycles. The molecule has 5 nitrogen and oxygen atoms in total. The van der Waals surface area contributed by atoms with E-state index in [2.05, 4.69) is 23.9 Å². The topological polar surface area (TPSA) is 66.3 Å². The third kappa shape index (κ3) is 5.16. The van der Waals surface area contributed by atoms with Gasteiger partial charge in [-0.3, -0.25) is 9.59 Å². The van der Waals surface area contributed by atoms with Gasteiger partial charge >= 0.3 is 0 Å². The van der Waals surface area contributed by atoms with Crippen molar-refractivity contribution in [2.75, 3.05) is 13.1 Å². The fourth-order valence-corrected chi connectivity index (χ4v) is 2.95. The van der Waals surface area contributed by atoms with Crippen molar-refractivity contribution >= 4 is 5.78 Å². The molecule has 0 bridgehead atoms. The van der Waals surface area contributed by atoms with Gasteiger partial charge in [0.25, 0.3) is 5.56 Å². The Morgan fingerprint density at radius 2 is 2.10 bits per heavy atom. The molecule has 21 heavy (non-hydrogen) atoms. The smallest absolute Gasteiger partial charge is 0.280 e. The molecular formula is C16H26N2O3. The zero-order chi connectivity index (χ0) is 15.2. The van der Waals surface area contributed by atoms with Gasteiger partial charge in [0.15, 0.2) is 0 Å². The van der Waals surface area contributed by atoms with Crippen LogP contribution in [0.4, 0.5) is 0 Å². The van der Waals surface area contributed by atoms with E-state index < -0.39 is 0 Å². The molecule has 2 heterocycles. The first-order valence-corrected chi connectivity index (χ1v) is 7.97. The number of H-pyrrole nitrogens is 1. The van der Waals surface area contributed by atoms with Gasteiger partial charge in [-0.25, -0.2) is 0 Å². The van der Waals surface area contributed by atoms with E-state index in [1.54, 1.807) is 0 Å². The van der Waals surface area contributed by atoms with Crippen LogP contribution in [0.5, 0.6) is 0 Å². The summed E-state index contributed by atoms with van der Waals surface area (Å²) in [6.07, 6.45) is 5.05. The lowest BCUT2D eigenvalue weighted by Gasteiger charge is -2.34. The van der Waals surface area contributed by atoms with Crippen LogP contribution in [-0.2, 0) is 11.2 Å². The van der Waals surface area contributed by atoms with Crippen molar-refractivity contribution in [1.29, 1.82) is 0 Å². The lowest BCUT2D eigenvalue weighted by atomic mass is 9.90. The lowest BCUT2D eigenvalue weighted by molar-refractivity contribution is -0.119. The lowest BCUT2D eigenvalue weighted by Crippen LogP contribution is -2.38. The molecule has 0 atom stereocenters. The van der Waals surface area contributed by atoms with Gasteiger partial charge in [-0.1, -0.05) is 0 Å². The maximum absolute atomic E-state index is 11.9. The van der Waals surface area contributed by atoms with Crippen LogP contribution in [-0.4, -0.2) is 35.0 Å². The summed E-state index contributed by atoms with van der Waals surface area (Å²) in [7, 11) is 0. The van der Waals surface area contributed by atoms with Gasteiger partial charge in [-0.2, -0.15) is 5.16 Å². The SMILES string of the molecule is CC(C)N1CCC(CCC(=O)CCc2cc(=O)[nH]o2)CC1. The molecule has 0 aliphatic carbocycles.